The molecule has 3 aromatic rings. The summed E-state index contributed by atoms with van der Waals surface area (Å²) in [7, 11) is 0. The standard InChI is InChI=1S/C21H24N6O3/c1-15-13-19(27-9-11-29-12-10-27)25-21(24-15)23-8-7-22-20(28)17-14-18(30-26-17)16-5-3-2-4-6-16/h2-6,13-14H,7-12H2,1H3,(H,22,28)(H,23,24,25). The van der Waals surface area contributed by atoms with Crippen molar-refractivity contribution >= 4 is 17.7 Å². The van der Waals surface area contributed by atoms with Crippen molar-refractivity contribution in [3.8, 4) is 11.3 Å². The zero-order chi connectivity index (χ0) is 20.8. The molecule has 9 nitrogen and oxygen atoms in total. The molecular formula is C21H24N6O3. The van der Waals surface area contributed by atoms with Gasteiger partial charge in [0.25, 0.3) is 5.91 Å². The highest BCUT2D eigenvalue weighted by Crippen LogP contribution is 2.19. The Hall–Kier alpha value is -3.46. The van der Waals surface area contributed by atoms with Crippen molar-refractivity contribution in [2.45, 2.75) is 6.92 Å². The molecule has 1 fully saturated rings. The summed E-state index contributed by atoms with van der Waals surface area (Å²) in [6, 6.07) is 13.1. The zero-order valence-electron chi connectivity index (χ0n) is 16.8. The third-order valence-corrected chi connectivity index (χ3v) is 4.67. The number of morpholine rings is 1. The zero-order valence-corrected chi connectivity index (χ0v) is 16.8. The monoisotopic (exact) mass is 408 g/mol. The number of hydrogen-bond donors (Lipinski definition) is 2. The van der Waals surface area contributed by atoms with Gasteiger partial charge in [-0.3, -0.25) is 4.79 Å². The van der Waals surface area contributed by atoms with Crippen molar-refractivity contribution in [1.29, 1.82) is 0 Å². The Kier molecular flexibility index (Phi) is 6.19. The van der Waals surface area contributed by atoms with E-state index in [9.17, 15) is 4.79 Å². The molecule has 156 valence electrons. The van der Waals surface area contributed by atoms with E-state index in [0.29, 0.717) is 38.0 Å². The SMILES string of the molecule is Cc1cc(N2CCOCC2)nc(NCCNC(=O)c2cc(-c3ccccc3)on2)n1. The van der Waals surface area contributed by atoms with E-state index in [-0.39, 0.29) is 11.6 Å². The Morgan fingerprint density at radius 3 is 2.70 bits per heavy atom. The average molecular weight is 408 g/mol. The lowest BCUT2D eigenvalue weighted by molar-refractivity contribution is 0.0946. The second-order valence-electron chi connectivity index (χ2n) is 6.92. The molecule has 0 saturated carbocycles. The summed E-state index contributed by atoms with van der Waals surface area (Å²) < 4.78 is 10.7. The lowest BCUT2D eigenvalue weighted by Crippen LogP contribution is -2.37. The summed E-state index contributed by atoms with van der Waals surface area (Å²) in [6.07, 6.45) is 0. The maximum absolute atomic E-state index is 12.3. The van der Waals surface area contributed by atoms with E-state index in [1.807, 2.05) is 43.3 Å². The fourth-order valence-electron chi connectivity index (χ4n) is 3.15. The molecule has 2 N–H and O–H groups in total. The highest BCUT2D eigenvalue weighted by atomic mass is 16.5. The van der Waals surface area contributed by atoms with Crippen LogP contribution in [0.5, 0.6) is 0 Å². The van der Waals surface area contributed by atoms with Gasteiger partial charge in [-0.25, -0.2) is 4.98 Å². The molecule has 0 radical (unpaired) electrons. The number of anilines is 2. The number of nitrogens with one attached hydrogen (secondary N) is 2. The second-order valence-corrected chi connectivity index (χ2v) is 6.92. The van der Waals surface area contributed by atoms with Gasteiger partial charge in [0.2, 0.25) is 5.95 Å². The number of aryl methyl sites for hydroxylation is 1. The Labute approximate surface area is 174 Å². The molecule has 1 aliphatic heterocycles. The quantitative estimate of drug-likeness (QED) is 0.573. The Morgan fingerprint density at radius 1 is 1.10 bits per heavy atom. The number of benzene rings is 1. The Balaban J connectivity index is 1.28. The van der Waals surface area contributed by atoms with Crippen molar-refractivity contribution < 1.29 is 14.1 Å². The summed E-state index contributed by atoms with van der Waals surface area (Å²) >= 11 is 0. The van der Waals surface area contributed by atoms with Gasteiger partial charge in [0.1, 0.15) is 5.82 Å². The van der Waals surface area contributed by atoms with E-state index < -0.39 is 0 Å². The summed E-state index contributed by atoms with van der Waals surface area (Å²) in [6.45, 7) is 5.85. The minimum absolute atomic E-state index is 0.246. The van der Waals surface area contributed by atoms with Gasteiger partial charge in [-0.15, -0.1) is 0 Å². The topological polar surface area (TPSA) is 105 Å². The lowest BCUT2D eigenvalue weighted by atomic mass is 10.1. The first-order valence-electron chi connectivity index (χ1n) is 9.91. The normalized spacial score (nSPS) is 13.8. The number of carbonyl (C=O) groups excluding carboxylic acids is 1. The van der Waals surface area contributed by atoms with Gasteiger partial charge in [-0.2, -0.15) is 4.98 Å². The number of ether oxygens (including phenoxy) is 1. The van der Waals surface area contributed by atoms with Crippen LogP contribution in [-0.2, 0) is 4.74 Å². The third-order valence-electron chi connectivity index (χ3n) is 4.67. The molecule has 1 amide bonds. The molecule has 3 heterocycles. The minimum Gasteiger partial charge on any atom is -0.378 e. The van der Waals surface area contributed by atoms with Crippen LogP contribution in [0.1, 0.15) is 16.2 Å². The number of hydrogen-bond acceptors (Lipinski definition) is 8. The molecule has 0 spiro atoms. The molecule has 4 rings (SSSR count). The van der Waals surface area contributed by atoms with Gasteiger partial charge >= 0.3 is 0 Å². The Bertz CT molecular complexity index is 985. The summed E-state index contributed by atoms with van der Waals surface area (Å²) in [5, 5.41) is 9.84. The first-order valence-corrected chi connectivity index (χ1v) is 9.91. The number of nitrogens with zero attached hydrogens (tertiary/aromatic N) is 4. The summed E-state index contributed by atoms with van der Waals surface area (Å²) in [4.78, 5) is 23.5. The van der Waals surface area contributed by atoms with E-state index in [1.54, 1.807) is 6.07 Å². The van der Waals surface area contributed by atoms with E-state index in [2.05, 4.69) is 30.7 Å². The van der Waals surface area contributed by atoms with E-state index in [1.165, 1.54) is 0 Å². The maximum Gasteiger partial charge on any atom is 0.273 e. The second kappa shape index (κ2) is 9.36. The van der Waals surface area contributed by atoms with E-state index in [4.69, 9.17) is 9.26 Å². The number of amides is 1. The van der Waals surface area contributed by atoms with Crippen LogP contribution < -0.4 is 15.5 Å². The van der Waals surface area contributed by atoms with Gasteiger partial charge in [-0.05, 0) is 6.92 Å². The van der Waals surface area contributed by atoms with Crippen LogP contribution in [0.15, 0.2) is 47.0 Å². The molecule has 1 aromatic carbocycles. The molecule has 2 aromatic heterocycles. The minimum atomic E-state index is -0.290. The van der Waals surface area contributed by atoms with Gasteiger partial charge < -0.3 is 24.8 Å². The van der Waals surface area contributed by atoms with Gasteiger partial charge in [0, 0.05) is 49.6 Å². The van der Waals surface area contributed by atoms with E-state index >= 15 is 0 Å². The van der Waals surface area contributed by atoms with Gasteiger partial charge in [0.05, 0.1) is 13.2 Å². The summed E-state index contributed by atoms with van der Waals surface area (Å²) in [5.74, 6) is 1.69. The highest BCUT2D eigenvalue weighted by Gasteiger charge is 2.15. The summed E-state index contributed by atoms with van der Waals surface area (Å²) in [5.41, 5.74) is 2.00. The fraction of sp³-hybridized carbons (Fsp3) is 0.333. The molecule has 1 saturated heterocycles. The van der Waals surface area contributed by atoms with Crippen molar-refractivity contribution in [1.82, 2.24) is 20.4 Å². The van der Waals surface area contributed by atoms with Crippen LogP contribution in [0, 0.1) is 6.92 Å². The molecular weight excluding hydrogens is 384 g/mol. The molecule has 1 aliphatic rings. The fourth-order valence-corrected chi connectivity index (χ4v) is 3.15. The highest BCUT2D eigenvalue weighted by molar-refractivity contribution is 5.93. The van der Waals surface area contributed by atoms with Crippen LogP contribution in [0.4, 0.5) is 11.8 Å². The lowest BCUT2D eigenvalue weighted by Gasteiger charge is -2.28. The van der Waals surface area contributed by atoms with Crippen molar-refractivity contribution in [2.24, 2.45) is 0 Å². The van der Waals surface area contributed by atoms with Crippen LogP contribution >= 0.6 is 0 Å². The number of aromatic nitrogens is 3. The molecule has 30 heavy (non-hydrogen) atoms. The predicted molar refractivity (Wildman–Crippen MR) is 113 cm³/mol. The van der Waals surface area contributed by atoms with Crippen molar-refractivity contribution in [3.05, 3.63) is 53.9 Å². The predicted octanol–water partition coefficient (Wildman–Crippen LogP) is 2.12. The van der Waals surface area contributed by atoms with Crippen LogP contribution in [0.25, 0.3) is 11.3 Å². The molecule has 0 atom stereocenters. The smallest absolute Gasteiger partial charge is 0.273 e. The van der Waals surface area contributed by atoms with E-state index in [0.717, 1.165) is 30.2 Å². The van der Waals surface area contributed by atoms with Gasteiger partial charge in [-0.1, -0.05) is 35.5 Å². The molecule has 0 bridgehead atoms. The largest absolute Gasteiger partial charge is 0.378 e. The van der Waals surface area contributed by atoms with Crippen molar-refractivity contribution in [3.63, 3.8) is 0 Å². The van der Waals surface area contributed by atoms with Crippen LogP contribution in [0.3, 0.4) is 0 Å². The van der Waals surface area contributed by atoms with Crippen molar-refractivity contribution in [2.75, 3.05) is 49.6 Å². The van der Waals surface area contributed by atoms with Crippen LogP contribution in [-0.4, -0.2) is 60.4 Å². The molecule has 0 unspecified atom stereocenters. The average Bonchev–Trinajstić information content (AvgIpc) is 3.28. The third kappa shape index (κ3) is 4.93. The number of rotatable bonds is 7. The molecule has 9 heteroatoms. The first-order chi connectivity index (χ1) is 14.7. The van der Waals surface area contributed by atoms with Gasteiger partial charge in [0.15, 0.2) is 11.5 Å². The Morgan fingerprint density at radius 2 is 1.90 bits per heavy atom. The molecule has 0 aliphatic carbocycles. The van der Waals surface area contributed by atoms with Crippen LogP contribution in [0.2, 0.25) is 0 Å². The maximum atomic E-state index is 12.3. The first kappa shape index (κ1) is 19.8. The number of carbonyl (C=O) groups is 1.